The maximum Gasteiger partial charge on any atom is 0.338 e. The molecule has 0 unspecified atom stereocenters. The Morgan fingerprint density at radius 1 is 1.21 bits per heavy atom. The molecule has 4 nitrogen and oxygen atoms in total. The molecule has 1 heterocycles. The normalized spacial score (nSPS) is 10.2. The number of aromatic amines is 1. The number of esters is 1. The van der Waals surface area contributed by atoms with Gasteiger partial charge in [-0.15, -0.1) is 0 Å². The number of ketones is 1. The summed E-state index contributed by atoms with van der Waals surface area (Å²) in [6.45, 7) is 3.54. The highest BCUT2D eigenvalue weighted by Crippen LogP contribution is 2.12. The van der Waals surface area contributed by atoms with Crippen molar-refractivity contribution < 1.29 is 14.3 Å². The number of ether oxygens (including phenoxy) is 1. The van der Waals surface area contributed by atoms with Crippen molar-refractivity contribution in [3.63, 3.8) is 0 Å². The number of H-pyrrole nitrogens is 1. The first-order valence-electron chi connectivity index (χ1n) is 5.99. The number of carbonyl (C=O) groups is 2. The minimum absolute atomic E-state index is 0.247. The Morgan fingerprint density at radius 3 is 2.63 bits per heavy atom. The zero-order chi connectivity index (χ0) is 13.8. The monoisotopic (exact) mass is 257 g/mol. The standard InChI is InChI=1S/C15H15NO3/c1-10-5-6-12(11(2)8-10)15(18)19-9-14(17)13-4-3-7-16-13/h3-8,16H,9H2,1-2H3. The Bertz CT molecular complexity index is 600. The average Bonchev–Trinajstić information content (AvgIpc) is 2.89. The van der Waals surface area contributed by atoms with Crippen molar-refractivity contribution in [3.8, 4) is 0 Å². The van der Waals surface area contributed by atoms with Gasteiger partial charge in [0.2, 0.25) is 5.78 Å². The molecule has 0 fully saturated rings. The Labute approximate surface area is 111 Å². The van der Waals surface area contributed by atoms with Gasteiger partial charge in [0.1, 0.15) is 0 Å². The quantitative estimate of drug-likeness (QED) is 0.676. The molecule has 0 aliphatic carbocycles. The number of nitrogens with one attached hydrogen (secondary N) is 1. The van der Waals surface area contributed by atoms with E-state index in [2.05, 4.69) is 4.98 Å². The van der Waals surface area contributed by atoms with Gasteiger partial charge in [0.25, 0.3) is 0 Å². The second-order valence-corrected chi connectivity index (χ2v) is 4.40. The number of Topliss-reactive ketones (excluding diaryl/α,β-unsaturated/α-hetero) is 1. The van der Waals surface area contributed by atoms with Crippen LogP contribution in [0.15, 0.2) is 36.5 Å². The van der Waals surface area contributed by atoms with E-state index >= 15 is 0 Å². The molecular weight excluding hydrogens is 242 g/mol. The van der Waals surface area contributed by atoms with Crippen molar-refractivity contribution in [2.45, 2.75) is 13.8 Å². The predicted molar refractivity (Wildman–Crippen MR) is 71.3 cm³/mol. The molecule has 0 saturated heterocycles. The summed E-state index contributed by atoms with van der Waals surface area (Å²) in [5.41, 5.74) is 2.85. The van der Waals surface area contributed by atoms with E-state index in [1.165, 1.54) is 0 Å². The molecule has 1 aromatic heterocycles. The highest BCUT2D eigenvalue weighted by molar-refractivity contribution is 5.98. The Hall–Kier alpha value is -2.36. The Morgan fingerprint density at radius 2 is 2.00 bits per heavy atom. The lowest BCUT2D eigenvalue weighted by Gasteiger charge is -2.07. The van der Waals surface area contributed by atoms with E-state index < -0.39 is 5.97 Å². The van der Waals surface area contributed by atoms with Crippen molar-refractivity contribution in [3.05, 3.63) is 58.9 Å². The van der Waals surface area contributed by atoms with E-state index in [9.17, 15) is 9.59 Å². The lowest BCUT2D eigenvalue weighted by atomic mass is 10.1. The van der Waals surface area contributed by atoms with Crippen LogP contribution in [0.25, 0.3) is 0 Å². The summed E-state index contributed by atoms with van der Waals surface area (Å²) < 4.78 is 5.03. The van der Waals surface area contributed by atoms with Crippen LogP contribution >= 0.6 is 0 Å². The van der Waals surface area contributed by atoms with Gasteiger partial charge in [0, 0.05) is 6.20 Å². The fourth-order valence-electron chi connectivity index (χ4n) is 1.83. The summed E-state index contributed by atoms with van der Waals surface area (Å²) in [7, 11) is 0. The second-order valence-electron chi connectivity index (χ2n) is 4.40. The minimum atomic E-state index is -0.475. The van der Waals surface area contributed by atoms with Gasteiger partial charge >= 0.3 is 5.97 Å². The molecule has 0 spiro atoms. The summed E-state index contributed by atoms with van der Waals surface area (Å²) in [5, 5.41) is 0. The van der Waals surface area contributed by atoms with Crippen LogP contribution in [0.4, 0.5) is 0 Å². The van der Waals surface area contributed by atoms with Crippen LogP contribution in [0.3, 0.4) is 0 Å². The van der Waals surface area contributed by atoms with Gasteiger partial charge in [-0.05, 0) is 37.6 Å². The molecule has 0 aliphatic heterocycles. The largest absolute Gasteiger partial charge is 0.454 e. The first-order chi connectivity index (χ1) is 9.08. The van der Waals surface area contributed by atoms with Gasteiger partial charge in [0.05, 0.1) is 11.3 Å². The second kappa shape index (κ2) is 5.52. The Balaban J connectivity index is 2.00. The number of aromatic nitrogens is 1. The lowest BCUT2D eigenvalue weighted by Crippen LogP contribution is -2.15. The molecular formula is C15H15NO3. The smallest absolute Gasteiger partial charge is 0.338 e. The first-order valence-corrected chi connectivity index (χ1v) is 5.99. The number of hydrogen-bond donors (Lipinski definition) is 1. The van der Waals surface area contributed by atoms with Crippen LogP contribution in [0.2, 0.25) is 0 Å². The topological polar surface area (TPSA) is 59.2 Å². The third kappa shape index (κ3) is 3.10. The number of carbonyl (C=O) groups excluding carboxylic acids is 2. The van der Waals surface area contributed by atoms with Crippen molar-refractivity contribution in [2.24, 2.45) is 0 Å². The SMILES string of the molecule is Cc1ccc(C(=O)OCC(=O)c2ccc[nH]2)c(C)c1. The molecule has 0 aliphatic rings. The van der Waals surface area contributed by atoms with Crippen molar-refractivity contribution >= 4 is 11.8 Å². The highest BCUT2D eigenvalue weighted by atomic mass is 16.5. The average molecular weight is 257 g/mol. The Kier molecular flexibility index (Phi) is 3.80. The number of rotatable bonds is 4. The molecule has 0 bridgehead atoms. The zero-order valence-electron chi connectivity index (χ0n) is 10.9. The third-order valence-electron chi connectivity index (χ3n) is 2.83. The third-order valence-corrected chi connectivity index (χ3v) is 2.83. The van der Waals surface area contributed by atoms with Gasteiger partial charge in [-0.3, -0.25) is 4.79 Å². The zero-order valence-corrected chi connectivity index (χ0v) is 10.9. The van der Waals surface area contributed by atoms with E-state index in [-0.39, 0.29) is 12.4 Å². The summed E-state index contributed by atoms with van der Waals surface area (Å²) in [4.78, 5) is 26.3. The maximum atomic E-state index is 11.9. The van der Waals surface area contributed by atoms with E-state index in [0.717, 1.165) is 11.1 Å². The molecule has 19 heavy (non-hydrogen) atoms. The van der Waals surface area contributed by atoms with Crippen LogP contribution in [-0.2, 0) is 4.74 Å². The molecule has 0 saturated carbocycles. The molecule has 2 aromatic rings. The van der Waals surface area contributed by atoms with E-state index in [0.29, 0.717) is 11.3 Å². The number of hydrogen-bond acceptors (Lipinski definition) is 3. The predicted octanol–water partition coefficient (Wildman–Crippen LogP) is 2.67. The van der Waals surface area contributed by atoms with Gasteiger partial charge in [-0.1, -0.05) is 17.7 Å². The summed E-state index contributed by atoms with van der Waals surface area (Å²) in [5.74, 6) is -0.722. The number of benzene rings is 1. The van der Waals surface area contributed by atoms with E-state index in [4.69, 9.17) is 4.74 Å². The molecule has 98 valence electrons. The van der Waals surface area contributed by atoms with Crippen LogP contribution in [0.1, 0.15) is 32.0 Å². The van der Waals surface area contributed by atoms with Crippen molar-refractivity contribution in [1.29, 1.82) is 0 Å². The highest BCUT2D eigenvalue weighted by Gasteiger charge is 2.13. The summed E-state index contributed by atoms with van der Waals surface area (Å²) >= 11 is 0. The minimum Gasteiger partial charge on any atom is -0.454 e. The van der Waals surface area contributed by atoms with Crippen LogP contribution in [0.5, 0.6) is 0 Å². The van der Waals surface area contributed by atoms with E-state index in [1.54, 1.807) is 24.4 Å². The lowest BCUT2D eigenvalue weighted by molar-refractivity contribution is 0.0473. The summed E-state index contributed by atoms with van der Waals surface area (Å²) in [6.07, 6.45) is 1.65. The molecule has 0 atom stereocenters. The van der Waals surface area contributed by atoms with E-state index in [1.807, 2.05) is 26.0 Å². The fraction of sp³-hybridized carbons (Fsp3) is 0.200. The van der Waals surface area contributed by atoms with Crippen LogP contribution in [-0.4, -0.2) is 23.3 Å². The van der Waals surface area contributed by atoms with Crippen LogP contribution in [0, 0.1) is 13.8 Å². The van der Waals surface area contributed by atoms with Crippen molar-refractivity contribution in [2.75, 3.05) is 6.61 Å². The van der Waals surface area contributed by atoms with Gasteiger partial charge in [-0.2, -0.15) is 0 Å². The van der Waals surface area contributed by atoms with Crippen molar-refractivity contribution in [1.82, 2.24) is 4.98 Å². The molecule has 2 rings (SSSR count). The molecule has 0 radical (unpaired) electrons. The van der Waals surface area contributed by atoms with Gasteiger partial charge < -0.3 is 9.72 Å². The molecule has 4 heteroatoms. The van der Waals surface area contributed by atoms with Gasteiger partial charge in [0.15, 0.2) is 6.61 Å². The molecule has 1 aromatic carbocycles. The van der Waals surface area contributed by atoms with Crippen LogP contribution < -0.4 is 0 Å². The van der Waals surface area contributed by atoms with Gasteiger partial charge in [-0.25, -0.2) is 4.79 Å². The summed E-state index contributed by atoms with van der Waals surface area (Å²) in [6, 6.07) is 8.83. The maximum absolute atomic E-state index is 11.9. The first kappa shape index (κ1) is 13.1. The molecule has 1 N–H and O–H groups in total. The fourth-order valence-corrected chi connectivity index (χ4v) is 1.83. The molecule has 0 amide bonds. The number of aryl methyl sites for hydroxylation is 2.